The van der Waals surface area contributed by atoms with Gasteiger partial charge in [-0.05, 0) is 37.1 Å². The van der Waals surface area contributed by atoms with E-state index in [4.69, 9.17) is 32.7 Å². The van der Waals surface area contributed by atoms with Gasteiger partial charge in [0, 0.05) is 34.1 Å². The second kappa shape index (κ2) is 9.79. The number of halogens is 2. The molecule has 1 atom stereocenters. The fourth-order valence-corrected chi connectivity index (χ4v) is 4.46. The van der Waals surface area contributed by atoms with Crippen LogP contribution in [0, 0.1) is 0 Å². The number of rotatable bonds is 7. The Labute approximate surface area is 188 Å². The van der Waals surface area contributed by atoms with Crippen molar-refractivity contribution < 1.29 is 14.3 Å². The molecule has 156 valence electrons. The number of benzene rings is 2. The molecule has 1 saturated heterocycles. The summed E-state index contributed by atoms with van der Waals surface area (Å²) in [5, 5.41) is 6.51. The van der Waals surface area contributed by atoms with Gasteiger partial charge in [0.1, 0.15) is 23.1 Å². The molecular weight excluding hydrogens is 443 g/mol. The van der Waals surface area contributed by atoms with Crippen LogP contribution in [0.1, 0.15) is 28.9 Å². The zero-order valence-corrected chi connectivity index (χ0v) is 18.4. The maximum Gasteiger partial charge on any atom is 0.270 e. The minimum atomic E-state index is -0.195. The van der Waals surface area contributed by atoms with Crippen LogP contribution in [0.2, 0.25) is 10.0 Å². The average Bonchev–Trinajstić information content (AvgIpc) is 3.44. The number of nitrogens with one attached hydrogen (secondary N) is 1. The third-order valence-corrected chi connectivity index (χ3v) is 6.23. The summed E-state index contributed by atoms with van der Waals surface area (Å²) in [5.74, 6) is 0.475. The molecule has 0 saturated carbocycles. The third-order valence-electron chi connectivity index (χ3n) is 4.77. The molecule has 1 fully saturated rings. The van der Waals surface area contributed by atoms with E-state index in [1.807, 2.05) is 30.3 Å². The zero-order chi connectivity index (χ0) is 20.9. The van der Waals surface area contributed by atoms with E-state index >= 15 is 0 Å². The van der Waals surface area contributed by atoms with E-state index in [0.717, 1.165) is 35.6 Å². The molecule has 2 aromatic carbocycles. The number of ether oxygens (including phenoxy) is 2. The van der Waals surface area contributed by atoms with E-state index in [1.165, 1.54) is 11.3 Å². The van der Waals surface area contributed by atoms with Crippen LogP contribution in [-0.2, 0) is 11.3 Å². The number of amides is 1. The summed E-state index contributed by atoms with van der Waals surface area (Å²) in [5.41, 5.74) is 2.05. The van der Waals surface area contributed by atoms with Crippen molar-refractivity contribution in [1.82, 2.24) is 10.3 Å². The van der Waals surface area contributed by atoms with Crippen LogP contribution < -0.4 is 10.1 Å². The number of carbonyl (C=O) groups excluding carboxylic acids is 1. The molecule has 1 aliphatic heterocycles. The predicted octanol–water partition coefficient (Wildman–Crippen LogP) is 5.60. The van der Waals surface area contributed by atoms with Gasteiger partial charge in [-0.3, -0.25) is 4.79 Å². The predicted molar refractivity (Wildman–Crippen MR) is 120 cm³/mol. The normalized spacial score (nSPS) is 15.9. The summed E-state index contributed by atoms with van der Waals surface area (Å²) in [6.45, 7) is 1.57. The minimum absolute atomic E-state index is 0.0980. The molecule has 0 bridgehead atoms. The van der Waals surface area contributed by atoms with Crippen molar-refractivity contribution in [2.75, 3.05) is 13.2 Å². The van der Waals surface area contributed by atoms with Gasteiger partial charge in [-0.15, -0.1) is 11.3 Å². The lowest BCUT2D eigenvalue weighted by Crippen LogP contribution is -2.31. The molecule has 0 aliphatic carbocycles. The van der Waals surface area contributed by atoms with Crippen LogP contribution in [0.4, 0.5) is 0 Å². The Morgan fingerprint density at radius 1 is 1.27 bits per heavy atom. The first-order valence-corrected chi connectivity index (χ1v) is 11.2. The van der Waals surface area contributed by atoms with Crippen LogP contribution in [0.5, 0.6) is 5.75 Å². The number of thiazole rings is 1. The highest BCUT2D eigenvalue weighted by molar-refractivity contribution is 7.13. The number of nitrogens with zero attached hydrogens (tertiary/aromatic N) is 1. The highest BCUT2D eigenvalue weighted by Gasteiger charge is 2.19. The van der Waals surface area contributed by atoms with Crippen molar-refractivity contribution in [3.63, 3.8) is 0 Å². The van der Waals surface area contributed by atoms with Crippen LogP contribution in [0.25, 0.3) is 10.6 Å². The maximum absolute atomic E-state index is 12.4. The molecule has 5 nitrogen and oxygen atoms in total. The van der Waals surface area contributed by atoms with E-state index in [2.05, 4.69) is 10.3 Å². The van der Waals surface area contributed by atoms with Crippen molar-refractivity contribution in [2.45, 2.75) is 25.6 Å². The number of para-hydroxylation sites is 1. The Bertz CT molecular complexity index is 1030. The number of aromatic nitrogens is 1. The van der Waals surface area contributed by atoms with Gasteiger partial charge in [0.15, 0.2) is 0 Å². The molecule has 1 aromatic heterocycles. The van der Waals surface area contributed by atoms with Crippen molar-refractivity contribution in [2.24, 2.45) is 0 Å². The topological polar surface area (TPSA) is 60.5 Å². The Morgan fingerprint density at radius 2 is 2.13 bits per heavy atom. The highest BCUT2D eigenvalue weighted by Crippen LogP contribution is 2.33. The maximum atomic E-state index is 12.4. The van der Waals surface area contributed by atoms with Crippen LogP contribution in [0.15, 0.2) is 47.8 Å². The molecule has 4 rings (SSSR count). The average molecular weight is 463 g/mol. The Balaban J connectivity index is 1.45. The molecule has 1 aliphatic rings. The van der Waals surface area contributed by atoms with Crippen LogP contribution in [0.3, 0.4) is 0 Å². The van der Waals surface area contributed by atoms with E-state index in [-0.39, 0.29) is 12.0 Å². The SMILES string of the molecule is O=C(NCC1CCCO1)c1csc(-c2ccccc2OCc2ccc(Cl)cc2Cl)n1. The molecule has 1 N–H and O–H groups in total. The Hall–Kier alpha value is -2.12. The van der Waals surface area contributed by atoms with E-state index in [9.17, 15) is 4.79 Å². The first-order chi connectivity index (χ1) is 14.6. The Kier molecular flexibility index (Phi) is 6.89. The van der Waals surface area contributed by atoms with Gasteiger partial charge in [0.25, 0.3) is 5.91 Å². The van der Waals surface area contributed by atoms with Crippen molar-refractivity contribution in [3.8, 4) is 16.3 Å². The second-order valence-corrected chi connectivity index (χ2v) is 8.61. The van der Waals surface area contributed by atoms with Gasteiger partial charge >= 0.3 is 0 Å². The van der Waals surface area contributed by atoms with Crippen molar-refractivity contribution in [3.05, 3.63) is 69.1 Å². The molecule has 8 heteroatoms. The van der Waals surface area contributed by atoms with Crippen LogP contribution >= 0.6 is 34.5 Å². The molecule has 2 heterocycles. The summed E-state index contributed by atoms with van der Waals surface area (Å²) >= 11 is 13.6. The standard InChI is InChI=1S/C22H20Cl2N2O3S/c23-15-8-7-14(18(24)10-15)12-29-20-6-2-1-5-17(20)22-26-19(13-30-22)21(27)25-11-16-4-3-9-28-16/h1-2,5-8,10,13,16H,3-4,9,11-12H2,(H,25,27). The molecule has 1 amide bonds. The smallest absolute Gasteiger partial charge is 0.270 e. The Morgan fingerprint density at radius 3 is 2.93 bits per heavy atom. The van der Waals surface area contributed by atoms with Gasteiger partial charge in [-0.2, -0.15) is 0 Å². The summed E-state index contributed by atoms with van der Waals surface area (Å²) in [4.78, 5) is 16.9. The van der Waals surface area contributed by atoms with Gasteiger partial charge in [-0.1, -0.05) is 41.4 Å². The lowest BCUT2D eigenvalue weighted by atomic mass is 10.2. The molecule has 30 heavy (non-hydrogen) atoms. The molecule has 1 unspecified atom stereocenters. The second-order valence-electron chi connectivity index (χ2n) is 6.90. The lowest BCUT2D eigenvalue weighted by molar-refractivity contribution is 0.0854. The zero-order valence-electron chi connectivity index (χ0n) is 16.1. The summed E-state index contributed by atoms with van der Waals surface area (Å²) < 4.78 is 11.5. The minimum Gasteiger partial charge on any atom is -0.488 e. The fourth-order valence-electron chi connectivity index (χ4n) is 3.17. The van der Waals surface area contributed by atoms with Crippen LogP contribution in [-0.4, -0.2) is 30.1 Å². The van der Waals surface area contributed by atoms with E-state index < -0.39 is 0 Å². The van der Waals surface area contributed by atoms with Gasteiger partial charge in [0.2, 0.25) is 0 Å². The quantitative estimate of drug-likeness (QED) is 0.495. The first kappa shape index (κ1) is 21.1. The van der Waals surface area contributed by atoms with Gasteiger partial charge < -0.3 is 14.8 Å². The summed E-state index contributed by atoms with van der Waals surface area (Å²) in [7, 11) is 0. The highest BCUT2D eigenvalue weighted by atomic mass is 35.5. The monoisotopic (exact) mass is 462 g/mol. The molecular formula is C22H20Cl2N2O3S. The largest absolute Gasteiger partial charge is 0.488 e. The van der Waals surface area contributed by atoms with Crippen molar-refractivity contribution >= 4 is 40.4 Å². The fraction of sp³-hybridized carbons (Fsp3) is 0.273. The van der Waals surface area contributed by atoms with Gasteiger partial charge in [0.05, 0.1) is 11.7 Å². The number of hydrogen-bond acceptors (Lipinski definition) is 5. The summed E-state index contributed by atoms with van der Waals surface area (Å²) in [6, 6.07) is 12.9. The molecule has 0 spiro atoms. The lowest BCUT2D eigenvalue weighted by Gasteiger charge is -2.11. The first-order valence-electron chi connectivity index (χ1n) is 9.61. The van der Waals surface area contributed by atoms with Gasteiger partial charge in [-0.25, -0.2) is 4.98 Å². The number of hydrogen-bond donors (Lipinski definition) is 1. The molecule has 3 aromatic rings. The third kappa shape index (κ3) is 5.13. The number of carbonyl (C=O) groups is 1. The molecule has 0 radical (unpaired) electrons. The van der Waals surface area contributed by atoms with E-state index in [0.29, 0.717) is 34.6 Å². The van der Waals surface area contributed by atoms with E-state index in [1.54, 1.807) is 17.5 Å². The summed E-state index contributed by atoms with van der Waals surface area (Å²) in [6.07, 6.45) is 2.12. The van der Waals surface area contributed by atoms with Crippen molar-refractivity contribution in [1.29, 1.82) is 0 Å².